The summed E-state index contributed by atoms with van der Waals surface area (Å²) < 4.78 is 87.0. The van der Waals surface area contributed by atoms with Crippen LogP contribution in [0.3, 0.4) is 0 Å². The van der Waals surface area contributed by atoms with Crippen LogP contribution in [0.1, 0.15) is 11.1 Å². The Morgan fingerprint density at radius 2 is 1.82 bits per heavy atom. The summed E-state index contributed by atoms with van der Waals surface area (Å²) in [5.74, 6) is -3.91. The Hall–Kier alpha value is -3.35. The minimum Gasteiger partial charge on any atom is -0.433 e. The van der Waals surface area contributed by atoms with Crippen LogP contribution in [0.5, 0.6) is 5.75 Å². The van der Waals surface area contributed by atoms with Gasteiger partial charge in [0.1, 0.15) is 18.3 Å². The molecule has 2 aliphatic heterocycles. The molecule has 13 heteroatoms. The molecule has 4 rings (SSSR count). The number of carbonyl (C=O) groups excluding carboxylic acids is 2. The molecule has 34 heavy (non-hydrogen) atoms. The number of pyridine rings is 1. The maximum absolute atomic E-state index is 14.6. The van der Waals surface area contributed by atoms with Gasteiger partial charge < -0.3 is 14.4 Å². The highest BCUT2D eigenvalue weighted by Crippen LogP contribution is 2.32. The van der Waals surface area contributed by atoms with E-state index in [0.717, 1.165) is 23.2 Å². The van der Waals surface area contributed by atoms with Crippen molar-refractivity contribution in [2.45, 2.75) is 25.4 Å². The first-order valence-corrected chi connectivity index (χ1v) is 9.99. The first-order valence-electron chi connectivity index (χ1n) is 9.99. The van der Waals surface area contributed by atoms with Gasteiger partial charge in [-0.25, -0.2) is 9.37 Å². The summed E-state index contributed by atoms with van der Waals surface area (Å²) in [6.07, 6.45) is -3.72. The van der Waals surface area contributed by atoms with Gasteiger partial charge in [0.15, 0.2) is 11.6 Å². The van der Waals surface area contributed by atoms with E-state index in [2.05, 4.69) is 9.72 Å². The van der Waals surface area contributed by atoms with Gasteiger partial charge in [-0.05, 0) is 17.7 Å². The molecule has 2 aliphatic rings. The predicted octanol–water partition coefficient (Wildman–Crippen LogP) is 3.23. The van der Waals surface area contributed by atoms with Crippen molar-refractivity contribution < 1.29 is 45.4 Å². The first-order chi connectivity index (χ1) is 16.0. The molecular formula is C21H17F6N3O4. The highest BCUT2D eigenvalue weighted by Gasteiger charge is 2.47. The monoisotopic (exact) mass is 489 g/mol. The third kappa shape index (κ3) is 4.79. The Kier molecular flexibility index (Phi) is 6.39. The molecule has 2 fully saturated rings. The van der Waals surface area contributed by atoms with Gasteiger partial charge in [-0.3, -0.25) is 14.5 Å². The highest BCUT2D eigenvalue weighted by molar-refractivity contribution is 6.06. The first kappa shape index (κ1) is 23.8. The van der Waals surface area contributed by atoms with Crippen LogP contribution in [0.25, 0.3) is 0 Å². The van der Waals surface area contributed by atoms with E-state index in [0.29, 0.717) is 11.6 Å². The lowest BCUT2D eigenvalue weighted by Gasteiger charge is -2.45. The van der Waals surface area contributed by atoms with E-state index in [1.165, 1.54) is 17.0 Å². The van der Waals surface area contributed by atoms with Crippen LogP contribution < -0.4 is 9.64 Å². The number of nitrogens with zero attached hydrogens (tertiary/aromatic N) is 3. The van der Waals surface area contributed by atoms with Crippen LogP contribution in [0.15, 0.2) is 36.5 Å². The second-order valence-electron chi connectivity index (χ2n) is 7.74. The number of benzene rings is 1. The van der Waals surface area contributed by atoms with E-state index in [4.69, 9.17) is 4.74 Å². The summed E-state index contributed by atoms with van der Waals surface area (Å²) in [5.41, 5.74) is -0.487. The van der Waals surface area contributed by atoms with Crippen molar-refractivity contribution in [3.63, 3.8) is 0 Å². The van der Waals surface area contributed by atoms with E-state index in [1.54, 1.807) is 0 Å². The van der Waals surface area contributed by atoms with Crippen molar-refractivity contribution in [3.8, 4) is 5.75 Å². The van der Waals surface area contributed by atoms with E-state index in [-0.39, 0.29) is 19.8 Å². The number of hydrogen-bond acceptors (Lipinski definition) is 5. The molecule has 2 saturated heterocycles. The van der Waals surface area contributed by atoms with E-state index < -0.39 is 66.1 Å². The third-order valence-electron chi connectivity index (χ3n) is 5.49. The van der Waals surface area contributed by atoms with Crippen LogP contribution >= 0.6 is 0 Å². The molecule has 0 radical (unpaired) electrons. The molecule has 1 atom stereocenters. The lowest BCUT2D eigenvalue weighted by molar-refractivity contribution is -0.155. The summed E-state index contributed by atoms with van der Waals surface area (Å²) in [7, 11) is 0. The molecule has 0 aliphatic carbocycles. The van der Waals surface area contributed by atoms with Gasteiger partial charge in [-0.2, -0.15) is 22.0 Å². The van der Waals surface area contributed by atoms with Gasteiger partial charge in [0.2, 0.25) is 5.91 Å². The molecule has 2 amide bonds. The van der Waals surface area contributed by atoms with Crippen molar-refractivity contribution in [1.29, 1.82) is 0 Å². The molecule has 182 valence electrons. The van der Waals surface area contributed by atoms with Crippen molar-refractivity contribution in [2.24, 2.45) is 5.92 Å². The lowest BCUT2D eigenvalue weighted by atomic mass is 9.92. The molecule has 0 spiro atoms. The zero-order valence-corrected chi connectivity index (χ0v) is 17.3. The number of halogens is 6. The van der Waals surface area contributed by atoms with Gasteiger partial charge in [0.25, 0.3) is 5.91 Å². The summed E-state index contributed by atoms with van der Waals surface area (Å²) in [6, 6.07) is 3.73. The zero-order chi connectivity index (χ0) is 24.6. The number of ether oxygens (including phenoxy) is 2. The Morgan fingerprint density at radius 1 is 1.15 bits per heavy atom. The number of piperazine rings is 1. The fourth-order valence-corrected chi connectivity index (χ4v) is 3.79. The minimum absolute atomic E-state index is 0.144. The number of carbonyl (C=O) groups is 2. The molecule has 0 N–H and O–H groups in total. The van der Waals surface area contributed by atoms with Crippen molar-refractivity contribution in [2.75, 3.05) is 24.7 Å². The molecule has 3 heterocycles. The quantitative estimate of drug-likeness (QED) is 0.583. The van der Waals surface area contributed by atoms with Crippen LogP contribution in [0, 0.1) is 11.7 Å². The van der Waals surface area contributed by atoms with Crippen LogP contribution in [-0.4, -0.2) is 54.1 Å². The molecule has 0 unspecified atom stereocenters. The topological polar surface area (TPSA) is 72.0 Å². The predicted molar refractivity (Wildman–Crippen MR) is 103 cm³/mol. The Labute approximate surface area is 188 Å². The highest BCUT2D eigenvalue weighted by atomic mass is 19.4. The number of anilines is 1. The third-order valence-corrected chi connectivity index (χ3v) is 5.49. The number of amides is 2. The van der Waals surface area contributed by atoms with Crippen molar-refractivity contribution in [3.05, 3.63) is 53.5 Å². The minimum atomic E-state index is -4.52. The SMILES string of the molecule is O=C1[C@@H](C2COC2)N(Cc2ccc(C(F)(F)F)cc2)C(=O)CN1c1ncc(OC(F)F)cc1F. The van der Waals surface area contributed by atoms with Gasteiger partial charge in [-0.15, -0.1) is 0 Å². The van der Waals surface area contributed by atoms with E-state index in [9.17, 15) is 35.9 Å². The lowest BCUT2D eigenvalue weighted by Crippen LogP contribution is -2.65. The summed E-state index contributed by atoms with van der Waals surface area (Å²) in [5, 5.41) is 0. The Morgan fingerprint density at radius 3 is 2.35 bits per heavy atom. The van der Waals surface area contributed by atoms with Crippen LogP contribution in [0.2, 0.25) is 0 Å². The van der Waals surface area contributed by atoms with Crippen molar-refractivity contribution in [1.82, 2.24) is 9.88 Å². The average Bonchev–Trinajstić information content (AvgIpc) is 2.71. The van der Waals surface area contributed by atoms with Crippen LogP contribution in [0.4, 0.5) is 32.2 Å². The Balaban J connectivity index is 1.59. The largest absolute Gasteiger partial charge is 0.433 e. The second-order valence-corrected chi connectivity index (χ2v) is 7.74. The summed E-state index contributed by atoms with van der Waals surface area (Å²) in [4.78, 5) is 32.0. The number of alkyl halides is 5. The van der Waals surface area contributed by atoms with Crippen molar-refractivity contribution >= 4 is 17.6 Å². The Bertz CT molecular complexity index is 1080. The number of hydrogen-bond donors (Lipinski definition) is 0. The fraction of sp³-hybridized carbons (Fsp3) is 0.381. The molecule has 1 aromatic heterocycles. The molecule has 0 saturated carbocycles. The normalized spacial score (nSPS) is 19.6. The fourth-order valence-electron chi connectivity index (χ4n) is 3.79. The molecular weight excluding hydrogens is 472 g/mol. The summed E-state index contributed by atoms with van der Waals surface area (Å²) in [6.45, 7) is -3.64. The summed E-state index contributed by atoms with van der Waals surface area (Å²) >= 11 is 0. The maximum Gasteiger partial charge on any atom is 0.416 e. The molecule has 1 aromatic carbocycles. The average molecular weight is 489 g/mol. The number of rotatable bonds is 6. The van der Waals surface area contributed by atoms with Crippen LogP contribution in [-0.2, 0) is 27.0 Å². The van der Waals surface area contributed by atoms with E-state index >= 15 is 0 Å². The van der Waals surface area contributed by atoms with Gasteiger partial charge in [0.05, 0.1) is 25.0 Å². The van der Waals surface area contributed by atoms with Gasteiger partial charge >= 0.3 is 12.8 Å². The van der Waals surface area contributed by atoms with Gasteiger partial charge in [0, 0.05) is 18.5 Å². The zero-order valence-electron chi connectivity index (χ0n) is 17.3. The standard InChI is InChI=1S/C21H17F6N3O4/c22-15-5-14(34-20(23)24)6-28-18(15)30-8-16(31)29(17(19(30)32)12-9-33-10-12)7-11-1-3-13(4-2-11)21(25,26)27/h1-6,12,17,20H,7-10H2/t17-/m1/s1. The molecule has 2 aromatic rings. The second kappa shape index (κ2) is 9.12. The molecule has 7 nitrogen and oxygen atoms in total. The smallest absolute Gasteiger partial charge is 0.416 e. The molecule has 0 bridgehead atoms. The van der Waals surface area contributed by atoms with E-state index in [1.807, 2.05) is 0 Å². The van der Waals surface area contributed by atoms with Gasteiger partial charge in [-0.1, -0.05) is 12.1 Å². The maximum atomic E-state index is 14.6. The number of aromatic nitrogens is 1.